The fourth-order valence-electron chi connectivity index (χ4n) is 3.33. The topological polar surface area (TPSA) is 37.8 Å². The van der Waals surface area contributed by atoms with E-state index >= 15 is 0 Å². The number of nitrogens with one attached hydrogen (secondary N) is 1. The summed E-state index contributed by atoms with van der Waals surface area (Å²) in [6, 6.07) is 0. The number of rotatable bonds is 3. The van der Waals surface area contributed by atoms with Gasteiger partial charge in [0.2, 0.25) is 0 Å². The third-order valence-electron chi connectivity index (χ3n) is 4.16. The van der Waals surface area contributed by atoms with Gasteiger partial charge in [0, 0.05) is 6.54 Å². The summed E-state index contributed by atoms with van der Waals surface area (Å²) in [5.74, 6) is 3.55. The zero-order valence-electron chi connectivity index (χ0n) is 9.50. The number of anilines is 1. The maximum absolute atomic E-state index is 5.93. The van der Waals surface area contributed by atoms with E-state index in [1.165, 1.54) is 32.0 Å². The number of hydrogen-bond donors (Lipinski definition) is 1. The second-order valence-electron chi connectivity index (χ2n) is 5.14. The first kappa shape index (κ1) is 11.7. The average molecular weight is 317 g/mol. The Hall–Kier alpha value is -0.350. The highest BCUT2D eigenvalue weighted by Gasteiger charge is 2.39. The zero-order chi connectivity index (χ0) is 11.8. The molecule has 3 unspecified atom stereocenters. The van der Waals surface area contributed by atoms with Gasteiger partial charge >= 0.3 is 0 Å². The van der Waals surface area contributed by atoms with Crippen LogP contribution in [-0.4, -0.2) is 16.5 Å². The van der Waals surface area contributed by atoms with Crippen LogP contribution in [0.2, 0.25) is 5.15 Å². The molecule has 0 amide bonds. The predicted molar refractivity (Wildman–Crippen MR) is 72.2 cm³/mol. The Balaban J connectivity index is 1.62. The van der Waals surface area contributed by atoms with Crippen LogP contribution in [0.4, 0.5) is 5.82 Å². The Morgan fingerprint density at radius 2 is 2.24 bits per heavy atom. The lowest BCUT2D eigenvalue weighted by atomic mass is 9.89. The molecule has 2 bridgehead atoms. The first-order valence-electron chi connectivity index (χ1n) is 6.14. The molecule has 3 nitrogen and oxygen atoms in total. The number of hydrogen-bond acceptors (Lipinski definition) is 3. The third-order valence-corrected chi connectivity index (χ3v) is 5.43. The molecule has 0 aromatic carbocycles. The highest BCUT2D eigenvalue weighted by molar-refractivity contribution is 9.10. The highest BCUT2D eigenvalue weighted by Crippen LogP contribution is 2.48. The van der Waals surface area contributed by atoms with Crippen LogP contribution >= 0.6 is 27.5 Å². The second kappa shape index (κ2) is 4.73. The van der Waals surface area contributed by atoms with Crippen molar-refractivity contribution >= 4 is 33.3 Å². The van der Waals surface area contributed by atoms with Crippen LogP contribution < -0.4 is 5.32 Å². The summed E-state index contributed by atoms with van der Waals surface area (Å²) in [7, 11) is 0. The highest BCUT2D eigenvalue weighted by atomic mass is 79.9. The molecule has 2 saturated carbocycles. The van der Waals surface area contributed by atoms with Gasteiger partial charge in [0.1, 0.15) is 17.3 Å². The van der Waals surface area contributed by atoms with Gasteiger partial charge in [-0.1, -0.05) is 18.0 Å². The molecule has 3 atom stereocenters. The van der Waals surface area contributed by atoms with Gasteiger partial charge in [0.05, 0.1) is 4.47 Å². The lowest BCUT2D eigenvalue weighted by molar-refractivity contribution is 0.348. The molecule has 0 radical (unpaired) electrons. The van der Waals surface area contributed by atoms with E-state index in [0.29, 0.717) is 5.15 Å². The van der Waals surface area contributed by atoms with E-state index < -0.39 is 0 Å². The normalized spacial score (nSPS) is 30.8. The minimum Gasteiger partial charge on any atom is -0.369 e. The van der Waals surface area contributed by atoms with E-state index in [4.69, 9.17) is 11.6 Å². The van der Waals surface area contributed by atoms with Crippen molar-refractivity contribution in [3.63, 3.8) is 0 Å². The summed E-state index contributed by atoms with van der Waals surface area (Å²) >= 11 is 9.35. The van der Waals surface area contributed by atoms with E-state index in [2.05, 4.69) is 31.2 Å². The summed E-state index contributed by atoms with van der Waals surface area (Å²) in [6.45, 7) is 1.01. The minimum atomic E-state index is 0.468. The maximum atomic E-state index is 5.93. The average Bonchev–Trinajstić information content (AvgIpc) is 2.93. The van der Waals surface area contributed by atoms with Crippen LogP contribution in [-0.2, 0) is 0 Å². The summed E-state index contributed by atoms with van der Waals surface area (Å²) in [5, 5.41) is 3.87. The van der Waals surface area contributed by atoms with Crippen LogP contribution in [0.25, 0.3) is 0 Å². The summed E-state index contributed by atoms with van der Waals surface area (Å²) in [5.41, 5.74) is 0. The standard InChI is InChI=1S/C12H15BrClN3/c13-10-11(14)16-6-17-12(10)15-5-9-4-7-1-2-8(9)3-7/h6-9H,1-5H2,(H,15,16,17). The molecule has 1 heterocycles. The van der Waals surface area contributed by atoms with Crippen molar-refractivity contribution in [3.05, 3.63) is 16.0 Å². The number of nitrogens with zero attached hydrogens (tertiary/aromatic N) is 2. The van der Waals surface area contributed by atoms with Gasteiger partial charge in [-0.2, -0.15) is 0 Å². The second-order valence-corrected chi connectivity index (χ2v) is 6.29. The Morgan fingerprint density at radius 3 is 2.94 bits per heavy atom. The van der Waals surface area contributed by atoms with Crippen LogP contribution in [0.3, 0.4) is 0 Å². The first-order chi connectivity index (χ1) is 8.24. The molecule has 0 aliphatic heterocycles. The van der Waals surface area contributed by atoms with E-state index in [1.54, 1.807) is 0 Å². The van der Waals surface area contributed by atoms with Gasteiger partial charge in [0.15, 0.2) is 0 Å². The minimum absolute atomic E-state index is 0.468. The van der Waals surface area contributed by atoms with Crippen LogP contribution in [0.5, 0.6) is 0 Å². The summed E-state index contributed by atoms with van der Waals surface area (Å²) in [6.07, 6.45) is 7.19. The molecule has 1 aromatic rings. The fraction of sp³-hybridized carbons (Fsp3) is 0.667. The smallest absolute Gasteiger partial charge is 0.148 e. The summed E-state index contributed by atoms with van der Waals surface area (Å²) < 4.78 is 0.768. The molecule has 1 aromatic heterocycles. The summed E-state index contributed by atoms with van der Waals surface area (Å²) in [4.78, 5) is 8.13. The Labute approximate surface area is 114 Å². The van der Waals surface area contributed by atoms with E-state index in [1.807, 2.05) is 0 Å². The quantitative estimate of drug-likeness (QED) is 0.863. The Bertz CT molecular complexity index is 426. The third kappa shape index (κ3) is 2.29. The van der Waals surface area contributed by atoms with Crippen molar-refractivity contribution in [2.75, 3.05) is 11.9 Å². The molecule has 17 heavy (non-hydrogen) atoms. The monoisotopic (exact) mass is 315 g/mol. The lowest BCUT2D eigenvalue weighted by Gasteiger charge is -2.22. The van der Waals surface area contributed by atoms with Crippen molar-refractivity contribution in [2.24, 2.45) is 17.8 Å². The number of halogens is 2. The molecular formula is C12H15BrClN3. The van der Waals surface area contributed by atoms with E-state index in [0.717, 1.165) is 34.6 Å². The molecule has 3 rings (SSSR count). The van der Waals surface area contributed by atoms with Crippen molar-refractivity contribution < 1.29 is 0 Å². The van der Waals surface area contributed by atoms with Gasteiger partial charge in [-0.15, -0.1) is 0 Å². The molecule has 5 heteroatoms. The molecule has 0 spiro atoms. The van der Waals surface area contributed by atoms with Crippen molar-refractivity contribution in [3.8, 4) is 0 Å². The molecule has 2 aliphatic rings. The molecule has 2 fully saturated rings. The van der Waals surface area contributed by atoms with Gasteiger partial charge in [-0.25, -0.2) is 9.97 Å². The largest absolute Gasteiger partial charge is 0.369 e. The Kier molecular flexibility index (Phi) is 3.26. The molecule has 1 N–H and O–H groups in total. The number of aromatic nitrogens is 2. The number of fused-ring (bicyclic) bond motifs is 2. The van der Waals surface area contributed by atoms with Crippen LogP contribution in [0.15, 0.2) is 10.8 Å². The van der Waals surface area contributed by atoms with Gasteiger partial charge in [-0.05, 0) is 52.9 Å². The van der Waals surface area contributed by atoms with Crippen LogP contribution in [0, 0.1) is 17.8 Å². The van der Waals surface area contributed by atoms with Crippen molar-refractivity contribution in [1.29, 1.82) is 0 Å². The predicted octanol–water partition coefficient (Wildman–Crippen LogP) is 3.74. The van der Waals surface area contributed by atoms with Gasteiger partial charge in [0.25, 0.3) is 0 Å². The van der Waals surface area contributed by atoms with E-state index in [-0.39, 0.29) is 0 Å². The molecule has 2 aliphatic carbocycles. The fourth-order valence-corrected chi connectivity index (χ4v) is 3.80. The van der Waals surface area contributed by atoms with Crippen LogP contribution in [0.1, 0.15) is 25.7 Å². The first-order valence-corrected chi connectivity index (χ1v) is 7.31. The molecular weight excluding hydrogens is 302 g/mol. The van der Waals surface area contributed by atoms with Crippen molar-refractivity contribution in [2.45, 2.75) is 25.7 Å². The lowest BCUT2D eigenvalue weighted by Crippen LogP contribution is -2.20. The van der Waals surface area contributed by atoms with Gasteiger partial charge in [-0.3, -0.25) is 0 Å². The molecule has 92 valence electrons. The SMILES string of the molecule is Clc1ncnc(NCC2CC3CCC2C3)c1Br. The van der Waals surface area contributed by atoms with Gasteiger partial charge < -0.3 is 5.32 Å². The van der Waals surface area contributed by atoms with E-state index in [9.17, 15) is 0 Å². The Morgan fingerprint density at radius 1 is 1.35 bits per heavy atom. The van der Waals surface area contributed by atoms with Crippen molar-refractivity contribution in [1.82, 2.24) is 9.97 Å². The zero-order valence-corrected chi connectivity index (χ0v) is 11.8. The molecule has 0 saturated heterocycles. The maximum Gasteiger partial charge on any atom is 0.148 e.